The Balaban J connectivity index is 2.12. The van der Waals surface area contributed by atoms with Gasteiger partial charge in [0.25, 0.3) is 5.91 Å². The van der Waals surface area contributed by atoms with Crippen LogP contribution in [0.1, 0.15) is 28.1 Å². The number of nitrogens with one attached hydrogen (secondary N) is 1. The molecule has 1 amide bonds. The van der Waals surface area contributed by atoms with E-state index in [1.165, 1.54) is 11.3 Å². The molecule has 1 aliphatic rings. The van der Waals surface area contributed by atoms with Crippen LogP contribution in [-0.2, 0) is 9.53 Å². The maximum atomic E-state index is 11.8. The van der Waals surface area contributed by atoms with E-state index in [-0.39, 0.29) is 11.5 Å². The Hall–Kier alpha value is -1.40. The third kappa shape index (κ3) is 2.65. The third-order valence-electron chi connectivity index (χ3n) is 2.54. The van der Waals surface area contributed by atoms with Gasteiger partial charge in [-0.1, -0.05) is 0 Å². The standard InChI is InChI=1S/C11H13NO4S/c1-6-5-7(11(14)15)10(17-6)12-9(13)8-3-2-4-16-8/h5,8H,2-4H2,1H3,(H,12,13)(H,14,15). The SMILES string of the molecule is Cc1cc(C(=O)O)c(NC(=O)C2CCCO2)s1. The van der Waals surface area contributed by atoms with E-state index >= 15 is 0 Å². The molecule has 1 saturated heterocycles. The zero-order chi connectivity index (χ0) is 12.4. The van der Waals surface area contributed by atoms with E-state index in [0.29, 0.717) is 18.0 Å². The molecule has 0 aliphatic carbocycles. The first-order valence-corrected chi connectivity index (χ1v) is 6.16. The summed E-state index contributed by atoms with van der Waals surface area (Å²) in [5.41, 5.74) is 0.138. The number of hydrogen-bond donors (Lipinski definition) is 2. The molecule has 6 heteroatoms. The van der Waals surface area contributed by atoms with Crippen molar-refractivity contribution < 1.29 is 19.4 Å². The number of amides is 1. The fourth-order valence-electron chi connectivity index (χ4n) is 1.74. The van der Waals surface area contributed by atoms with Crippen LogP contribution < -0.4 is 5.32 Å². The molecule has 0 radical (unpaired) electrons. The predicted molar refractivity (Wildman–Crippen MR) is 63.6 cm³/mol. The molecule has 92 valence electrons. The highest BCUT2D eigenvalue weighted by molar-refractivity contribution is 7.16. The van der Waals surface area contributed by atoms with Crippen LogP contribution in [0.5, 0.6) is 0 Å². The number of thiophene rings is 1. The number of ether oxygens (including phenoxy) is 1. The summed E-state index contributed by atoms with van der Waals surface area (Å²) in [7, 11) is 0. The van der Waals surface area contributed by atoms with Gasteiger partial charge in [0.15, 0.2) is 0 Å². The zero-order valence-electron chi connectivity index (χ0n) is 9.36. The third-order valence-corrected chi connectivity index (χ3v) is 3.51. The first-order chi connectivity index (χ1) is 8.08. The Morgan fingerprint density at radius 3 is 2.94 bits per heavy atom. The summed E-state index contributed by atoms with van der Waals surface area (Å²) < 4.78 is 5.24. The number of carboxylic acid groups (broad SMARTS) is 1. The minimum absolute atomic E-state index is 0.138. The van der Waals surface area contributed by atoms with Crippen LogP contribution in [0.4, 0.5) is 5.00 Å². The number of carbonyl (C=O) groups excluding carboxylic acids is 1. The van der Waals surface area contributed by atoms with Crippen LogP contribution >= 0.6 is 11.3 Å². The van der Waals surface area contributed by atoms with Crippen molar-refractivity contribution in [3.05, 3.63) is 16.5 Å². The molecule has 0 spiro atoms. The smallest absolute Gasteiger partial charge is 0.338 e. The highest BCUT2D eigenvalue weighted by atomic mass is 32.1. The molecule has 0 bridgehead atoms. The predicted octanol–water partition coefficient (Wildman–Crippen LogP) is 1.87. The van der Waals surface area contributed by atoms with Gasteiger partial charge in [0.2, 0.25) is 0 Å². The highest BCUT2D eigenvalue weighted by Crippen LogP contribution is 2.28. The van der Waals surface area contributed by atoms with E-state index < -0.39 is 12.1 Å². The largest absolute Gasteiger partial charge is 0.478 e. The van der Waals surface area contributed by atoms with Gasteiger partial charge in [-0.25, -0.2) is 4.79 Å². The molecule has 1 aliphatic heterocycles. The van der Waals surface area contributed by atoms with Gasteiger partial charge in [0, 0.05) is 11.5 Å². The van der Waals surface area contributed by atoms with Gasteiger partial charge in [-0.15, -0.1) is 11.3 Å². The maximum Gasteiger partial charge on any atom is 0.338 e. The topological polar surface area (TPSA) is 75.6 Å². The average Bonchev–Trinajstić information content (AvgIpc) is 2.86. The van der Waals surface area contributed by atoms with Gasteiger partial charge in [0.1, 0.15) is 11.1 Å². The monoisotopic (exact) mass is 255 g/mol. The Kier molecular flexibility index (Phi) is 3.44. The van der Waals surface area contributed by atoms with Gasteiger partial charge >= 0.3 is 5.97 Å². The minimum Gasteiger partial charge on any atom is -0.478 e. The number of hydrogen-bond acceptors (Lipinski definition) is 4. The van der Waals surface area contributed by atoms with Crippen molar-refractivity contribution in [2.45, 2.75) is 25.9 Å². The van der Waals surface area contributed by atoms with E-state index in [4.69, 9.17) is 9.84 Å². The molecule has 0 aromatic carbocycles. The molecule has 0 saturated carbocycles. The molecule has 17 heavy (non-hydrogen) atoms. The molecule has 2 N–H and O–H groups in total. The lowest BCUT2D eigenvalue weighted by Crippen LogP contribution is -2.27. The number of rotatable bonds is 3. The number of carbonyl (C=O) groups is 2. The summed E-state index contributed by atoms with van der Waals surface area (Å²) in [4.78, 5) is 23.6. The first kappa shape index (κ1) is 12.1. The highest BCUT2D eigenvalue weighted by Gasteiger charge is 2.25. The minimum atomic E-state index is -1.03. The van der Waals surface area contributed by atoms with Crippen molar-refractivity contribution in [2.24, 2.45) is 0 Å². The molecular weight excluding hydrogens is 242 g/mol. The van der Waals surface area contributed by atoms with Gasteiger partial charge < -0.3 is 15.2 Å². The Morgan fingerprint density at radius 1 is 1.59 bits per heavy atom. The Bertz CT molecular complexity index is 448. The summed E-state index contributed by atoms with van der Waals surface area (Å²) in [5, 5.41) is 12.0. The van der Waals surface area contributed by atoms with Gasteiger partial charge in [-0.05, 0) is 25.8 Å². The summed E-state index contributed by atoms with van der Waals surface area (Å²) >= 11 is 1.26. The summed E-state index contributed by atoms with van der Waals surface area (Å²) in [6, 6.07) is 1.55. The van der Waals surface area contributed by atoms with Crippen LogP contribution in [-0.4, -0.2) is 29.7 Å². The number of carboxylic acids is 1. The molecule has 1 aromatic rings. The van der Waals surface area contributed by atoms with Gasteiger partial charge in [-0.2, -0.15) is 0 Å². The lowest BCUT2D eigenvalue weighted by atomic mass is 10.2. The van der Waals surface area contributed by atoms with E-state index in [1.54, 1.807) is 13.0 Å². The summed E-state index contributed by atoms with van der Waals surface area (Å²) in [6.07, 6.45) is 1.12. The molecule has 1 fully saturated rings. The molecule has 1 aromatic heterocycles. The van der Waals surface area contributed by atoms with E-state index in [9.17, 15) is 9.59 Å². The van der Waals surface area contributed by atoms with Crippen molar-refractivity contribution in [1.82, 2.24) is 0 Å². The normalized spacial score (nSPS) is 19.2. The molecular formula is C11H13NO4S. The Labute approximate surface area is 102 Å². The van der Waals surface area contributed by atoms with Crippen LogP contribution in [0.3, 0.4) is 0 Å². The second-order valence-corrected chi connectivity index (χ2v) is 5.15. The lowest BCUT2D eigenvalue weighted by molar-refractivity contribution is -0.124. The molecule has 2 heterocycles. The number of anilines is 1. The van der Waals surface area contributed by atoms with E-state index in [1.807, 2.05) is 0 Å². The fourth-order valence-corrected chi connectivity index (χ4v) is 2.65. The second-order valence-electron chi connectivity index (χ2n) is 3.90. The first-order valence-electron chi connectivity index (χ1n) is 5.34. The van der Waals surface area contributed by atoms with Crippen molar-refractivity contribution >= 4 is 28.2 Å². The molecule has 1 unspecified atom stereocenters. The van der Waals surface area contributed by atoms with Crippen LogP contribution in [0.25, 0.3) is 0 Å². The zero-order valence-corrected chi connectivity index (χ0v) is 10.2. The molecule has 2 rings (SSSR count). The van der Waals surface area contributed by atoms with Crippen molar-refractivity contribution in [2.75, 3.05) is 11.9 Å². The summed E-state index contributed by atoms with van der Waals surface area (Å²) in [6.45, 7) is 2.40. The van der Waals surface area contributed by atoms with Crippen molar-refractivity contribution in [1.29, 1.82) is 0 Å². The molecule has 5 nitrogen and oxygen atoms in total. The van der Waals surface area contributed by atoms with E-state index in [2.05, 4.69) is 5.32 Å². The Morgan fingerprint density at radius 2 is 2.35 bits per heavy atom. The molecule has 1 atom stereocenters. The van der Waals surface area contributed by atoms with Gasteiger partial charge in [-0.3, -0.25) is 4.79 Å². The van der Waals surface area contributed by atoms with E-state index in [0.717, 1.165) is 11.3 Å². The van der Waals surface area contributed by atoms with Crippen LogP contribution in [0.2, 0.25) is 0 Å². The number of aromatic carboxylic acids is 1. The lowest BCUT2D eigenvalue weighted by Gasteiger charge is -2.09. The second kappa shape index (κ2) is 4.85. The number of aryl methyl sites for hydroxylation is 1. The van der Waals surface area contributed by atoms with Gasteiger partial charge in [0.05, 0.1) is 5.56 Å². The van der Waals surface area contributed by atoms with Crippen molar-refractivity contribution in [3.8, 4) is 0 Å². The summed E-state index contributed by atoms with van der Waals surface area (Å²) in [5.74, 6) is -1.29. The quantitative estimate of drug-likeness (QED) is 0.864. The maximum absolute atomic E-state index is 11.8. The van der Waals surface area contributed by atoms with Crippen molar-refractivity contribution in [3.63, 3.8) is 0 Å². The average molecular weight is 255 g/mol. The fraction of sp³-hybridized carbons (Fsp3) is 0.455. The van der Waals surface area contributed by atoms with Crippen LogP contribution in [0, 0.1) is 6.92 Å². The van der Waals surface area contributed by atoms with Crippen LogP contribution in [0.15, 0.2) is 6.07 Å².